The van der Waals surface area contributed by atoms with E-state index in [4.69, 9.17) is 4.74 Å². The molecule has 0 unspecified atom stereocenters. The first-order chi connectivity index (χ1) is 10.7. The molecule has 2 amide bonds. The van der Waals surface area contributed by atoms with Gasteiger partial charge in [-0.3, -0.25) is 9.59 Å². The summed E-state index contributed by atoms with van der Waals surface area (Å²) in [6.07, 6.45) is 1.93. The van der Waals surface area contributed by atoms with Gasteiger partial charge in [-0.15, -0.1) is 0 Å². The molecule has 0 bridgehead atoms. The van der Waals surface area contributed by atoms with Crippen molar-refractivity contribution in [1.29, 1.82) is 0 Å². The number of benzene rings is 1. The van der Waals surface area contributed by atoms with Crippen molar-refractivity contribution in [3.8, 4) is 5.75 Å². The van der Waals surface area contributed by atoms with Gasteiger partial charge < -0.3 is 15.0 Å². The molecule has 0 aliphatic rings. The number of rotatable bonds is 7. The number of anilines is 1. The van der Waals surface area contributed by atoms with Gasteiger partial charge in [0.15, 0.2) is 0 Å². The Morgan fingerprint density at radius 2 is 1.96 bits per heavy atom. The van der Waals surface area contributed by atoms with Gasteiger partial charge >= 0.3 is 0 Å². The molecule has 0 spiro atoms. The number of ether oxygens (including phenoxy) is 1. The lowest BCUT2D eigenvalue weighted by Crippen LogP contribution is -2.46. The number of hydrogen-bond acceptors (Lipinski definition) is 3. The number of unbranched alkanes of at least 4 members (excludes halogenated alkanes) is 1. The number of carbonyl (C=O) groups is 2. The zero-order chi connectivity index (χ0) is 17.6. The summed E-state index contributed by atoms with van der Waals surface area (Å²) >= 11 is 0. The third kappa shape index (κ3) is 4.71. The van der Waals surface area contributed by atoms with Gasteiger partial charge in [-0.25, -0.2) is 0 Å². The van der Waals surface area contributed by atoms with Gasteiger partial charge in [0.1, 0.15) is 11.2 Å². The quantitative estimate of drug-likeness (QED) is 0.785. The predicted octanol–water partition coefficient (Wildman–Crippen LogP) is 3.23. The van der Waals surface area contributed by atoms with Gasteiger partial charge in [0.2, 0.25) is 11.8 Å². The zero-order valence-corrected chi connectivity index (χ0v) is 15.0. The average Bonchev–Trinajstić information content (AvgIpc) is 2.51. The Kier molecular flexibility index (Phi) is 6.61. The van der Waals surface area contributed by atoms with Gasteiger partial charge in [0.25, 0.3) is 0 Å². The second kappa shape index (κ2) is 7.99. The molecule has 0 atom stereocenters. The molecule has 1 N–H and O–H groups in total. The van der Waals surface area contributed by atoms with Crippen molar-refractivity contribution in [1.82, 2.24) is 4.90 Å². The van der Waals surface area contributed by atoms with Crippen molar-refractivity contribution in [2.45, 2.75) is 40.5 Å². The third-order valence-corrected chi connectivity index (χ3v) is 3.90. The van der Waals surface area contributed by atoms with Gasteiger partial charge in [0, 0.05) is 13.6 Å². The molecule has 0 aliphatic heterocycles. The fraction of sp³-hybridized carbons (Fsp3) is 0.556. The highest BCUT2D eigenvalue weighted by atomic mass is 16.5. The number of nitrogens with zero attached hydrogens (tertiary/aromatic N) is 1. The van der Waals surface area contributed by atoms with Gasteiger partial charge in [-0.05, 0) is 44.9 Å². The van der Waals surface area contributed by atoms with Crippen LogP contribution in [0.2, 0.25) is 0 Å². The summed E-state index contributed by atoms with van der Waals surface area (Å²) in [4.78, 5) is 26.8. The summed E-state index contributed by atoms with van der Waals surface area (Å²) in [6, 6.07) is 5.54. The van der Waals surface area contributed by atoms with Crippen LogP contribution >= 0.6 is 0 Å². The van der Waals surface area contributed by atoms with E-state index in [0.29, 0.717) is 18.0 Å². The molecule has 0 saturated heterocycles. The van der Waals surface area contributed by atoms with Crippen LogP contribution in [0, 0.1) is 12.3 Å². The van der Waals surface area contributed by atoms with Crippen molar-refractivity contribution in [3.05, 3.63) is 23.8 Å². The molecular formula is C18H28N2O3. The topological polar surface area (TPSA) is 58.6 Å². The fourth-order valence-corrected chi connectivity index (χ4v) is 2.27. The average molecular weight is 320 g/mol. The smallest absolute Gasteiger partial charge is 0.239 e. The molecule has 1 aromatic rings. The summed E-state index contributed by atoms with van der Waals surface area (Å²) in [5, 5.41) is 2.82. The van der Waals surface area contributed by atoms with E-state index in [1.807, 2.05) is 19.1 Å². The molecule has 5 heteroatoms. The standard InChI is InChI=1S/C18H28N2O3/c1-7-8-11-20(5)17(22)18(3,4)16(21)19-14-12-13(2)9-10-15(14)23-6/h9-10,12H,7-8,11H2,1-6H3,(H,19,21). The summed E-state index contributed by atoms with van der Waals surface area (Å²) < 4.78 is 5.26. The first kappa shape index (κ1) is 19.0. The van der Waals surface area contributed by atoms with Crippen molar-refractivity contribution < 1.29 is 14.3 Å². The summed E-state index contributed by atoms with van der Waals surface area (Å²) in [5.74, 6) is 0.0522. The Labute approximate surface area is 139 Å². The summed E-state index contributed by atoms with van der Waals surface area (Å²) in [5.41, 5.74) is 0.442. The van der Waals surface area contributed by atoms with E-state index in [1.54, 1.807) is 39.0 Å². The molecule has 1 rings (SSSR count). The molecule has 0 heterocycles. The minimum Gasteiger partial charge on any atom is -0.495 e. The lowest BCUT2D eigenvalue weighted by Gasteiger charge is -2.28. The number of carbonyl (C=O) groups excluding carboxylic acids is 2. The van der Waals surface area contributed by atoms with Crippen molar-refractivity contribution in [3.63, 3.8) is 0 Å². The van der Waals surface area contributed by atoms with Crippen LogP contribution in [0.3, 0.4) is 0 Å². The number of aryl methyl sites for hydroxylation is 1. The van der Waals surface area contributed by atoms with Crippen LogP contribution in [0.15, 0.2) is 18.2 Å². The molecule has 1 aromatic carbocycles. The Hall–Kier alpha value is -2.04. The summed E-state index contributed by atoms with van der Waals surface area (Å²) in [7, 11) is 3.29. The Bertz CT molecular complexity index is 567. The van der Waals surface area contributed by atoms with Gasteiger partial charge in [-0.2, -0.15) is 0 Å². The first-order valence-electron chi connectivity index (χ1n) is 7.95. The SMILES string of the molecule is CCCCN(C)C(=O)C(C)(C)C(=O)Nc1cc(C)ccc1OC. The monoisotopic (exact) mass is 320 g/mol. The van der Waals surface area contributed by atoms with Crippen molar-refractivity contribution >= 4 is 17.5 Å². The van der Waals surface area contributed by atoms with Crippen LogP contribution in [-0.4, -0.2) is 37.4 Å². The number of amides is 2. The first-order valence-corrected chi connectivity index (χ1v) is 7.95. The lowest BCUT2D eigenvalue weighted by molar-refractivity contribution is -0.145. The molecule has 0 radical (unpaired) electrons. The Morgan fingerprint density at radius 1 is 1.30 bits per heavy atom. The second-order valence-electron chi connectivity index (χ2n) is 6.36. The largest absolute Gasteiger partial charge is 0.495 e. The number of hydrogen-bond donors (Lipinski definition) is 1. The predicted molar refractivity (Wildman–Crippen MR) is 92.7 cm³/mol. The van der Waals surface area contributed by atoms with Crippen LogP contribution in [0.25, 0.3) is 0 Å². The zero-order valence-electron chi connectivity index (χ0n) is 15.0. The highest BCUT2D eigenvalue weighted by Gasteiger charge is 2.38. The van der Waals surface area contributed by atoms with E-state index in [0.717, 1.165) is 18.4 Å². The second-order valence-corrected chi connectivity index (χ2v) is 6.36. The molecule has 0 aliphatic carbocycles. The highest BCUT2D eigenvalue weighted by molar-refractivity contribution is 6.10. The van der Waals surface area contributed by atoms with Crippen LogP contribution in [0.1, 0.15) is 39.2 Å². The van der Waals surface area contributed by atoms with E-state index in [9.17, 15) is 9.59 Å². The highest BCUT2D eigenvalue weighted by Crippen LogP contribution is 2.28. The molecule has 23 heavy (non-hydrogen) atoms. The number of methoxy groups -OCH3 is 1. The maximum Gasteiger partial charge on any atom is 0.239 e. The fourth-order valence-electron chi connectivity index (χ4n) is 2.27. The summed E-state index contributed by atoms with van der Waals surface area (Å²) in [6.45, 7) is 7.95. The minimum atomic E-state index is -1.14. The third-order valence-electron chi connectivity index (χ3n) is 3.90. The van der Waals surface area contributed by atoms with Crippen LogP contribution < -0.4 is 10.1 Å². The van der Waals surface area contributed by atoms with Crippen LogP contribution in [0.4, 0.5) is 5.69 Å². The Balaban J connectivity index is 2.91. The van der Waals surface area contributed by atoms with E-state index in [2.05, 4.69) is 12.2 Å². The minimum absolute atomic E-state index is 0.185. The molecule has 0 aromatic heterocycles. The lowest BCUT2D eigenvalue weighted by atomic mass is 9.90. The van der Waals surface area contributed by atoms with Crippen LogP contribution in [0.5, 0.6) is 5.75 Å². The van der Waals surface area contributed by atoms with Crippen molar-refractivity contribution in [2.24, 2.45) is 5.41 Å². The van der Waals surface area contributed by atoms with Crippen molar-refractivity contribution in [2.75, 3.05) is 26.0 Å². The molecule has 5 nitrogen and oxygen atoms in total. The maximum absolute atomic E-state index is 12.6. The molecular weight excluding hydrogens is 292 g/mol. The van der Waals surface area contributed by atoms with Gasteiger partial charge in [-0.1, -0.05) is 19.4 Å². The van der Waals surface area contributed by atoms with E-state index in [1.165, 1.54) is 0 Å². The van der Waals surface area contributed by atoms with Gasteiger partial charge in [0.05, 0.1) is 12.8 Å². The molecule has 0 fully saturated rings. The van der Waals surface area contributed by atoms with Crippen LogP contribution in [-0.2, 0) is 9.59 Å². The Morgan fingerprint density at radius 3 is 2.52 bits per heavy atom. The molecule has 128 valence electrons. The molecule has 0 saturated carbocycles. The normalized spacial score (nSPS) is 11.0. The van der Waals surface area contributed by atoms with E-state index < -0.39 is 5.41 Å². The van der Waals surface area contributed by atoms with E-state index in [-0.39, 0.29) is 11.8 Å². The van der Waals surface area contributed by atoms with E-state index >= 15 is 0 Å². The maximum atomic E-state index is 12.6. The number of nitrogens with one attached hydrogen (secondary N) is 1.